The Bertz CT molecular complexity index is 291. The maximum Gasteiger partial charge on any atom is 0.108 e. The van der Waals surface area contributed by atoms with Crippen molar-refractivity contribution in [3.63, 3.8) is 0 Å². The van der Waals surface area contributed by atoms with Gasteiger partial charge >= 0.3 is 0 Å². The molecule has 0 bridgehead atoms. The van der Waals surface area contributed by atoms with Crippen molar-refractivity contribution in [3.8, 4) is 0 Å². The minimum atomic E-state index is -0.612. The van der Waals surface area contributed by atoms with Gasteiger partial charge in [-0.05, 0) is 24.5 Å². The van der Waals surface area contributed by atoms with E-state index in [0.29, 0.717) is 6.42 Å². The lowest BCUT2D eigenvalue weighted by Crippen LogP contribution is -1.86. The summed E-state index contributed by atoms with van der Waals surface area (Å²) in [5.74, 6) is 0.152. The largest absolute Gasteiger partial charge is 0.247 e. The summed E-state index contributed by atoms with van der Waals surface area (Å²) >= 11 is 5.91. The van der Waals surface area contributed by atoms with Crippen molar-refractivity contribution in [2.45, 2.75) is 30.8 Å². The number of rotatable bonds is 2. The molecule has 0 saturated heterocycles. The maximum absolute atomic E-state index is 12.7. The third-order valence-electron chi connectivity index (χ3n) is 2.54. The number of hydrogen-bond donors (Lipinski definition) is 0. The van der Waals surface area contributed by atoms with Crippen LogP contribution in [0.4, 0.5) is 4.39 Å². The molecule has 0 aliphatic heterocycles. The minimum absolute atomic E-state index is 0.0365. The fourth-order valence-electron chi connectivity index (χ4n) is 1.52. The molecule has 1 aliphatic rings. The molecule has 0 N–H and O–H groups in total. The number of benzene rings is 1. The lowest BCUT2D eigenvalue weighted by atomic mass is 10.1. The fraction of sp³-hybridized carbons (Fsp3) is 0.455. The van der Waals surface area contributed by atoms with Crippen LogP contribution in [-0.2, 0) is 0 Å². The molecule has 1 saturated carbocycles. The molecule has 0 radical (unpaired) electrons. The normalized spacial score (nSPS) is 28.5. The maximum atomic E-state index is 12.7. The average molecular weight is 199 g/mol. The van der Waals surface area contributed by atoms with Crippen LogP contribution in [-0.4, -0.2) is 6.17 Å². The first-order valence-corrected chi connectivity index (χ1v) is 5.00. The summed E-state index contributed by atoms with van der Waals surface area (Å²) in [4.78, 5) is 0. The molecule has 0 spiro atoms. The van der Waals surface area contributed by atoms with Gasteiger partial charge < -0.3 is 0 Å². The first-order chi connectivity index (χ1) is 6.18. The highest BCUT2D eigenvalue weighted by molar-refractivity contribution is 6.20. The van der Waals surface area contributed by atoms with Crippen LogP contribution in [0, 0.1) is 0 Å². The molecule has 1 aliphatic carbocycles. The highest BCUT2D eigenvalue weighted by Gasteiger charge is 2.38. The van der Waals surface area contributed by atoms with Crippen molar-refractivity contribution < 1.29 is 4.39 Å². The predicted octanol–water partition coefficient (Wildman–Crippen LogP) is 3.81. The van der Waals surface area contributed by atoms with Crippen molar-refractivity contribution in [1.82, 2.24) is 0 Å². The summed E-state index contributed by atoms with van der Waals surface area (Å²) in [5.41, 5.74) is 2.20. The number of alkyl halides is 2. The molecule has 70 valence electrons. The standard InChI is InChI=1S/C11H12ClF/c1-7(12)8-2-4-9(5-3-8)10-6-11(10)13/h2-5,7,10-11H,6H2,1H3/t7?,10-,11-/m0/s1. The zero-order valence-electron chi connectivity index (χ0n) is 7.50. The van der Waals surface area contributed by atoms with Crippen LogP contribution in [0.1, 0.15) is 35.8 Å². The van der Waals surface area contributed by atoms with Gasteiger partial charge in [0.2, 0.25) is 0 Å². The second-order valence-electron chi connectivity index (χ2n) is 3.64. The zero-order chi connectivity index (χ0) is 9.42. The van der Waals surface area contributed by atoms with Crippen LogP contribution >= 0.6 is 11.6 Å². The van der Waals surface area contributed by atoms with Crippen LogP contribution in [0.25, 0.3) is 0 Å². The average Bonchev–Trinajstić information content (AvgIpc) is 2.83. The summed E-state index contributed by atoms with van der Waals surface area (Å²) in [6.07, 6.45) is 0.0785. The van der Waals surface area contributed by atoms with E-state index in [1.807, 2.05) is 31.2 Å². The van der Waals surface area contributed by atoms with E-state index in [1.54, 1.807) is 0 Å². The van der Waals surface area contributed by atoms with Gasteiger partial charge in [0.05, 0.1) is 5.38 Å². The Morgan fingerprint density at radius 2 is 1.92 bits per heavy atom. The molecule has 1 fully saturated rings. The minimum Gasteiger partial charge on any atom is -0.247 e. The molecule has 0 nitrogen and oxygen atoms in total. The van der Waals surface area contributed by atoms with E-state index < -0.39 is 6.17 Å². The quantitative estimate of drug-likeness (QED) is 0.634. The van der Waals surface area contributed by atoms with Crippen molar-refractivity contribution in [3.05, 3.63) is 35.4 Å². The van der Waals surface area contributed by atoms with Crippen molar-refractivity contribution in [2.24, 2.45) is 0 Å². The van der Waals surface area contributed by atoms with Crippen molar-refractivity contribution in [2.75, 3.05) is 0 Å². The molecule has 0 aromatic heterocycles. The van der Waals surface area contributed by atoms with Gasteiger partial charge in [-0.2, -0.15) is 0 Å². The van der Waals surface area contributed by atoms with Crippen LogP contribution < -0.4 is 0 Å². The monoisotopic (exact) mass is 198 g/mol. The number of halogens is 2. The second kappa shape index (κ2) is 3.30. The van der Waals surface area contributed by atoms with E-state index in [9.17, 15) is 4.39 Å². The van der Waals surface area contributed by atoms with E-state index in [-0.39, 0.29) is 11.3 Å². The Morgan fingerprint density at radius 1 is 1.38 bits per heavy atom. The summed E-state index contributed by atoms with van der Waals surface area (Å²) in [6, 6.07) is 7.94. The SMILES string of the molecule is CC(Cl)c1ccc([C@@H]2C[C@@H]2F)cc1. The molecular formula is C11H12ClF. The van der Waals surface area contributed by atoms with Gasteiger partial charge in [-0.3, -0.25) is 0 Å². The molecule has 0 heterocycles. The van der Waals surface area contributed by atoms with Crippen LogP contribution in [0.3, 0.4) is 0 Å². The molecule has 13 heavy (non-hydrogen) atoms. The van der Waals surface area contributed by atoms with Crippen molar-refractivity contribution >= 4 is 11.6 Å². The van der Waals surface area contributed by atoms with Gasteiger partial charge in [0.25, 0.3) is 0 Å². The van der Waals surface area contributed by atoms with Gasteiger partial charge in [-0.25, -0.2) is 4.39 Å². The highest BCUT2D eigenvalue weighted by Crippen LogP contribution is 2.43. The van der Waals surface area contributed by atoms with Gasteiger partial charge in [-0.15, -0.1) is 11.6 Å². The Hall–Kier alpha value is -0.560. The Kier molecular flexibility index (Phi) is 2.29. The van der Waals surface area contributed by atoms with E-state index >= 15 is 0 Å². The highest BCUT2D eigenvalue weighted by atomic mass is 35.5. The molecule has 3 atom stereocenters. The first-order valence-electron chi connectivity index (χ1n) is 4.56. The predicted molar refractivity (Wildman–Crippen MR) is 53.0 cm³/mol. The third kappa shape index (κ3) is 1.86. The van der Waals surface area contributed by atoms with Gasteiger partial charge in [-0.1, -0.05) is 24.3 Å². The van der Waals surface area contributed by atoms with Crippen LogP contribution in [0.15, 0.2) is 24.3 Å². The third-order valence-corrected chi connectivity index (χ3v) is 2.79. The molecule has 1 aromatic carbocycles. The summed E-state index contributed by atoms with van der Waals surface area (Å²) in [5, 5.41) is 0.0365. The molecule has 0 amide bonds. The van der Waals surface area contributed by atoms with Crippen LogP contribution in [0.2, 0.25) is 0 Å². The lowest BCUT2D eigenvalue weighted by molar-refractivity contribution is 0.468. The van der Waals surface area contributed by atoms with E-state index in [4.69, 9.17) is 11.6 Å². The van der Waals surface area contributed by atoms with Gasteiger partial charge in [0.1, 0.15) is 6.17 Å². The topological polar surface area (TPSA) is 0 Å². The van der Waals surface area contributed by atoms with Gasteiger partial charge in [0, 0.05) is 5.92 Å². The summed E-state index contributed by atoms with van der Waals surface area (Å²) in [6.45, 7) is 1.94. The van der Waals surface area contributed by atoms with Gasteiger partial charge in [0.15, 0.2) is 0 Å². The fourth-order valence-corrected chi connectivity index (χ4v) is 1.66. The number of hydrogen-bond acceptors (Lipinski definition) is 0. The molecule has 2 heteroatoms. The van der Waals surface area contributed by atoms with E-state index in [1.165, 1.54) is 0 Å². The molecule has 2 rings (SSSR count). The molecule has 1 aromatic rings. The Balaban J connectivity index is 2.14. The van der Waals surface area contributed by atoms with E-state index in [0.717, 1.165) is 11.1 Å². The smallest absolute Gasteiger partial charge is 0.108 e. The Labute approximate surface area is 82.7 Å². The molecule has 1 unspecified atom stereocenters. The van der Waals surface area contributed by atoms with E-state index in [2.05, 4.69) is 0 Å². The Morgan fingerprint density at radius 3 is 2.31 bits per heavy atom. The molecular weight excluding hydrogens is 187 g/mol. The summed E-state index contributed by atoms with van der Waals surface area (Å²) < 4.78 is 12.7. The first kappa shape index (κ1) is 9.01. The zero-order valence-corrected chi connectivity index (χ0v) is 8.26. The second-order valence-corrected chi connectivity index (χ2v) is 4.30. The van der Waals surface area contributed by atoms with Crippen molar-refractivity contribution in [1.29, 1.82) is 0 Å². The lowest BCUT2D eigenvalue weighted by Gasteiger charge is -2.04. The summed E-state index contributed by atoms with van der Waals surface area (Å²) in [7, 11) is 0. The van der Waals surface area contributed by atoms with Crippen LogP contribution in [0.5, 0.6) is 0 Å².